The number of nitrogens with zero attached hydrogens (tertiary/aromatic N) is 1. The van der Waals surface area contributed by atoms with Gasteiger partial charge in [-0.1, -0.05) is 24.3 Å². The maximum atomic E-state index is 12.5. The number of ketones is 2. The van der Waals surface area contributed by atoms with Gasteiger partial charge in [-0.3, -0.25) is 14.5 Å². The molecule has 5 rings (SSSR count). The topological polar surface area (TPSA) is 63.2 Å². The Kier molecular flexibility index (Phi) is 4.37. The number of Topliss-reactive ketones (excluding diaryl/α,β-unsaturated/α-hetero) is 2. The van der Waals surface area contributed by atoms with E-state index in [0.717, 1.165) is 37.2 Å². The van der Waals surface area contributed by atoms with Gasteiger partial charge in [0.05, 0.1) is 13.1 Å². The van der Waals surface area contributed by atoms with Crippen LogP contribution in [0.25, 0.3) is 5.76 Å². The van der Waals surface area contributed by atoms with Crippen LogP contribution in [-0.2, 0) is 9.53 Å². The van der Waals surface area contributed by atoms with Crippen LogP contribution in [-0.4, -0.2) is 60.0 Å². The first kappa shape index (κ1) is 17.5. The number of thioether (sulfide) groups is 1. The number of hydrogen-bond acceptors (Lipinski definition) is 5. The van der Waals surface area contributed by atoms with Crippen molar-refractivity contribution in [2.24, 2.45) is 0 Å². The van der Waals surface area contributed by atoms with Crippen molar-refractivity contribution in [2.45, 2.75) is 37.3 Å². The lowest BCUT2D eigenvalue weighted by molar-refractivity contribution is -0.664. The molecule has 6 heteroatoms. The van der Waals surface area contributed by atoms with Gasteiger partial charge in [0.25, 0.3) is 0 Å². The number of nitrogens with two attached hydrogens (primary N) is 1. The Bertz CT molecular complexity index is 820. The fourth-order valence-electron chi connectivity index (χ4n) is 4.83. The van der Waals surface area contributed by atoms with Crippen LogP contribution in [0.2, 0.25) is 0 Å². The second kappa shape index (κ2) is 6.76. The summed E-state index contributed by atoms with van der Waals surface area (Å²) >= 11 is 1.53. The van der Waals surface area contributed by atoms with Crippen molar-refractivity contribution >= 4 is 29.1 Å². The number of carbonyl (C=O) groups excluding carboxylic acids is 2. The molecule has 2 fully saturated rings. The third-order valence-electron chi connectivity index (χ3n) is 6.47. The number of benzene rings is 1. The zero-order chi connectivity index (χ0) is 18.4. The fourth-order valence-corrected chi connectivity index (χ4v) is 6.09. The molecular formula is C21H25N2O3S+. The highest BCUT2D eigenvalue weighted by atomic mass is 32.2. The molecule has 1 aromatic rings. The van der Waals surface area contributed by atoms with Gasteiger partial charge in [0, 0.05) is 61.7 Å². The molecule has 5 nitrogen and oxygen atoms in total. The predicted molar refractivity (Wildman–Crippen MR) is 104 cm³/mol. The highest BCUT2D eigenvalue weighted by Crippen LogP contribution is 2.47. The SMILES string of the molecule is O=C1C(=O)c2ccccc2C2=C1SCC1(CCN(C3CC[NH2+]CC3)CC1)O2. The Morgan fingerprint density at radius 1 is 1.04 bits per heavy atom. The highest BCUT2D eigenvalue weighted by Gasteiger charge is 2.46. The lowest BCUT2D eigenvalue weighted by atomic mass is 9.89. The van der Waals surface area contributed by atoms with E-state index in [1.807, 2.05) is 12.1 Å². The van der Waals surface area contributed by atoms with Crippen LogP contribution in [0.1, 0.15) is 41.6 Å². The number of rotatable bonds is 1. The largest absolute Gasteiger partial charge is 0.484 e. The number of ether oxygens (including phenoxy) is 1. The molecule has 0 radical (unpaired) electrons. The maximum Gasteiger partial charge on any atom is 0.243 e. The van der Waals surface area contributed by atoms with Crippen molar-refractivity contribution < 1.29 is 19.6 Å². The van der Waals surface area contributed by atoms with Crippen molar-refractivity contribution in [3.05, 3.63) is 40.3 Å². The van der Waals surface area contributed by atoms with E-state index in [1.165, 1.54) is 37.7 Å². The van der Waals surface area contributed by atoms with Crippen LogP contribution < -0.4 is 5.32 Å². The molecular weight excluding hydrogens is 360 g/mol. The second-order valence-electron chi connectivity index (χ2n) is 8.07. The van der Waals surface area contributed by atoms with Crippen molar-refractivity contribution in [1.29, 1.82) is 0 Å². The summed E-state index contributed by atoms with van der Waals surface area (Å²) in [6.45, 7) is 4.59. The van der Waals surface area contributed by atoms with Gasteiger partial charge in [-0.15, -0.1) is 11.8 Å². The Morgan fingerprint density at radius 3 is 2.48 bits per heavy atom. The number of hydrogen-bond donors (Lipinski definition) is 1. The molecule has 2 saturated heterocycles. The quantitative estimate of drug-likeness (QED) is 0.742. The lowest BCUT2D eigenvalue weighted by Crippen LogP contribution is -2.87. The molecule has 0 bridgehead atoms. The minimum atomic E-state index is -0.403. The molecule has 0 unspecified atom stereocenters. The molecule has 0 atom stereocenters. The number of piperidine rings is 2. The van der Waals surface area contributed by atoms with Gasteiger partial charge in [-0.05, 0) is 0 Å². The molecule has 2 N–H and O–H groups in total. The minimum absolute atomic E-state index is 0.214. The molecule has 142 valence electrons. The average molecular weight is 386 g/mol. The van der Waals surface area contributed by atoms with Crippen LogP contribution in [0, 0.1) is 0 Å². The Morgan fingerprint density at radius 2 is 1.74 bits per heavy atom. The van der Waals surface area contributed by atoms with E-state index >= 15 is 0 Å². The van der Waals surface area contributed by atoms with E-state index in [9.17, 15) is 9.59 Å². The zero-order valence-corrected chi connectivity index (χ0v) is 16.2. The predicted octanol–water partition coefficient (Wildman–Crippen LogP) is 1.44. The second-order valence-corrected chi connectivity index (χ2v) is 9.05. The Labute approximate surface area is 163 Å². The van der Waals surface area contributed by atoms with E-state index in [1.54, 1.807) is 12.1 Å². The third-order valence-corrected chi connectivity index (χ3v) is 7.80. The molecule has 3 heterocycles. The van der Waals surface area contributed by atoms with E-state index in [-0.39, 0.29) is 5.60 Å². The lowest BCUT2D eigenvalue weighted by Gasteiger charge is -2.47. The van der Waals surface area contributed by atoms with E-state index < -0.39 is 11.6 Å². The molecule has 1 spiro atoms. The molecule has 1 aliphatic carbocycles. The number of allylic oxidation sites excluding steroid dienone is 1. The highest BCUT2D eigenvalue weighted by molar-refractivity contribution is 8.04. The third kappa shape index (κ3) is 2.94. The summed E-state index contributed by atoms with van der Waals surface area (Å²) in [5, 5.41) is 2.41. The molecule has 0 aromatic heterocycles. The molecule has 4 aliphatic rings. The average Bonchev–Trinajstić information content (AvgIpc) is 2.73. The molecule has 0 amide bonds. The number of carbonyl (C=O) groups is 2. The number of fused-ring (bicyclic) bond motifs is 2. The minimum Gasteiger partial charge on any atom is -0.484 e. The van der Waals surface area contributed by atoms with Crippen molar-refractivity contribution in [3.8, 4) is 0 Å². The Balaban J connectivity index is 1.37. The van der Waals surface area contributed by atoms with Gasteiger partial charge >= 0.3 is 0 Å². The summed E-state index contributed by atoms with van der Waals surface area (Å²) in [7, 11) is 0. The first-order valence-corrected chi connectivity index (χ1v) is 11.0. The fraction of sp³-hybridized carbons (Fsp3) is 0.524. The first-order chi connectivity index (χ1) is 13.2. The van der Waals surface area contributed by atoms with Crippen molar-refractivity contribution in [3.63, 3.8) is 0 Å². The summed E-state index contributed by atoms with van der Waals surface area (Å²) in [5.41, 5.74) is 1.05. The molecule has 1 aromatic carbocycles. The summed E-state index contributed by atoms with van der Waals surface area (Å²) in [6, 6.07) is 8.07. The van der Waals surface area contributed by atoms with Gasteiger partial charge in [-0.25, -0.2) is 0 Å². The van der Waals surface area contributed by atoms with Gasteiger partial charge < -0.3 is 10.1 Å². The van der Waals surface area contributed by atoms with Crippen molar-refractivity contribution in [2.75, 3.05) is 31.9 Å². The normalized spacial score (nSPS) is 25.9. The van der Waals surface area contributed by atoms with E-state index in [2.05, 4.69) is 10.2 Å². The van der Waals surface area contributed by atoms with Crippen molar-refractivity contribution in [1.82, 2.24) is 4.90 Å². The summed E-state index contributed by atoms with van der Waals surface area (Å²) < 4.78 is 6.55. The van der Waals surface area contributed by atoms with Crippen LogP contribution in [0.3, 0.4) is 0 Å². The maximum absolute atomic E-state index is 12.5. The number of quaternary nitrogens is 1. The van der Waals surface area contributed by atoms with Gasteiger partial charge in [-0.2, -0.15) is 0 Å². The van der Waals surface area contributed by atoms with Gasteiger partial charge in [0.2, 0.25) is 11.6 Å². The van der Waals surface area contributed by atoms with Crippen LogP contribution in [0.5, 0.6) is 0 Å². The zero-order valence-electron chi connectivity index (χ0n) is 15.4. The van der Waals surface area contributed by atoms with Gasteiger partial charge in [0.15, 0.2) is 0 Å². The molecule has 0 saturated carbocycles. The standard InChI is InChI=1S/C21H24N2O3S/c24-17-15-3-1-2-4-16(15)19-20(18(17)25)27-13-21(26-19)7-11-23(12-8-21)14-5-9-22-10-6-14/h1-4,14,22H,5-13H2/p+1. The van der Waals surface area contributed by atoms with E-state index in [0.29, 0.717) is 22.3 Å². The van der Waals surface area contributed by atoms with Crippen LogP contribution >= 0.6 is 11.8 Å². The van der Waals surface area contributed by atoms with Gasteiger partial charge in [0.1, 0.15) is 16.3 Å². The smallest absolute Gasteiger partial charge is 0.243 e. The molecule has 27 heavy (non-hydrogen) atoms. The molecule has 3 aliphatic heterocycles. The van der Waals surface area contributed by atoms with E-state index in [4.69, 9.17) is 4.74 Å². The first-order valence-electron chi connectivity index (χ1n) is 9.97. The summed E-state index contributed by atoms with van der Waals surface area (Å²) in [4.78, 5) is 28.1. The monoisotopic (exact) mass is 385 g/mol. The van der Waals surface area contributed by atoms with Crippen LogP contribution in [0.4, 0.5) is 0 Å². The van der Waals surface area contributed by atoms with Crippen LogP contribution in [0.15, 0.2) is 29.2 Å². The Hall–Kier alpha value is -1.63. The number of likely N-dealkylation sites (tertiary alicyclic amines) is 1. The summed E-state index contributed by atoms with van der Waals surface area (Å²) in [6.07, 6.45) is 4.53. The summed E-state index contributed by atoms with van der Waals surface area (Å²) in [5.74, 6) is 0.603.